The monoisotopic (exact) mass is 285 g/mol. The van der Waals surface area contributed by atoms with Gasteiger partial charge in [-0.25, -0.2) is 0 Å². The van der Waals surface area contributed by atoms with Crippen LogP contribution in [-0.4, -0.2) is 30.3 Å². The van der Waals surface area contributed by atoms with Gasteiger partial charge in [0, 0.05) is 10.6 Å². The fourth-order valence-electron chi connectivity index (χ4n) is 2.22. The van der Waals surface area contributed by atoms with Crippen molar-refractivity contribution in [3.05, 3.63) is 33.8 Å². The molecule has 1 aliphatic heterocycles. The topological polar surface area (TPSA) is 20.3 Å². The second-order valence-electron chi connectivity index (χ2n) is 5.01. The number of Topliss-reactive ketones (excluding diaryl/α,β-unsaturated/α-hetero) is 1. The summed E-state index contributed by atoms with van der Waals surface area (Å²) in [6, 6.07) is 5.03. The van der Waals surface area contributed by atoms with Crippen molar-refractivity contribution in [2.24, 2.45) is 5.92 Å². The van der Waals surface area contributed by atoms with E-state index in [2.05, 4.69) is 11.8 Å². The number of hydrogen-bond donors (Lipinski definition) is 0. The van der Waals surface area contributed by atoms with Crippen molar-refractivity contribution in [3.8, 4) is 0 Å². The van der Waals surface area contributed by atoms with Crippen LogP contribution in [0.15, 0.2) is 18.2 Å². The first kappa shape index (κ1) is 13.9. The van der Waals surface area contributed by atoms with E-state index in [1.165, 1.54) is 0 Å². The number of piperidine rings is 1. The van der Waals surface area contributed by atoms with E-state index in [-0.39, 0.29) is 5.78 Å². The lowest BCUT2D eigenvalue weighted by Crippen LogP contribution is -2.36. The Morgan fingerprint density at radius 3 is 2.67 bits per heavy atom. The third-order valence-electron chi connectivity index (χ3n) is 3.47. The van der Waals surface area contributed by atoms with E-state index in [4.69, 9.17) is 23.2 Å². The van der Waals surface area contributed by atoms with E-state index in [9.17, 15) is 4.79 Å². The van der Waals surface area contributed by atoms with Gasteiger partial charge in [0.05, 0.1) is 11.6 Å². The first-order valence-electron chi connectivity index (χ1n) is 6.27. The number of halogens is 2. The average Bonchev–Trinajstić information content (AvgIpc) is 2.35. The summed E-state index contributed by atoms with van der Waals surface area (Å²) < 4.78 is 0. The van der Waals surface area contributed by atoms with Crippen molar-refractivity contribution < 1.29 is 4.79 Å². The molecule has 1 fully saturated rings. The van der Waals surface area contributed by atoms with Crippen LogP contribution in [0.2, 0.25) is 10.0 Å². The van der Waals surface area contributed by atoms with Crippen molar-refractivity contribution in [1.29, 1.82) is 0 Å². The Kier molecular flexibility index (Phi) is 4.66. The van der Waals surface area contributed by atoms with E-state index in [1.54, 1.807) is 18.2 Å². The van der Waals surface area contributed by atoms with Gasteiger partial charge in [0.2, 0.25) is 0 Å². The molecule has 0 aliphatic carbocycles. The molecule has 98 valence electrons. The smallest absolute Gasteiger partial charge is 0.178 e. The predicted octanol–water partition coefficient (Wildman–Crippen LogP) is 3.91. The summed E-state index contributed by atoms with van der Waals surface area (Å²) in [4.78, 5) is 14.4. The first-order valence-corrected chi connectivity index (χ1v) is 7.02. The second-order valence-corrected chi connectivity index (χ2v) is 5.85. The van der Waals surface area contributed by atoms with Gasteiger partial charge in [-0.3, -0.25) is 9.69 Å². The maximum atomic E-state index is 12.2. The minimum atomic E-state index is 0.0528. The Morgan fingerprint density at radius 2 is 2.00 bits per heavy atom. The molecule has 0 saturated carbocycles. The molecule has 1 heterocycles. The van der Waals surface area contributed by atoms with Gasteiger partial charge in [0.15, 0.2) is 5.78 Å². The van der Waals surface area contributed by atoms with Gasteiger partial charge in [-0.2, -0.15) is 0 Å². The Labute approximate surface area is 118 Å². The van der Waals surface area contributed by atoms with E-state index < -0.39 is 0 Å². The minimum Gasteiger partial charge on any atom is -0.296 e. The van der Waals surface area contributed by atoms with Crippen LogP contribution in [0.4, 0.5) is 0 Å². The first-order chi connectivity index (χ1) is 8.56. The lowest BCUT2D eigenvalue weighted by atomic mass is 9.99. The number of carbonyl (C=O) groups excluding carboxylic acids is 1. The molecule has 18 heavy (non-hydrogen) atoms. The number of benzene rings is 1. The highest BCUT2D eigenvalue weighted by Crippen LogP contribution is 2.22. The number of nitrogens with zero attached hydrogens (tertiary/aromatic N) is 1. The standard InChI is InChI=1S/C14H17Cl2NO/c1-10-4-6-17(7-5-10)9-14(18)12-8-11(15)2-3-13(12)16/h2-3,8,10H,4-7,9H2,1H3. The van der Waals surface area contributed by atoms with Crippen molar-refractivity contribution in [2.75, 3.05) is 19.6 Å². The molecule has 2 nitrogen and oxygen atoms in total. The van der Waals surface area contributed by atoms with Crippen molar-refractivity contribution in [2.45, 2.75) is 19.8 Å². The number of hydrogen-bond acceptors (Lipinski definition) is 2. The molecule has 0 unspecified atom stereocenters. The fourth-order valence-corrected chi connectivity index (χ4v) is 2.61. The molecule has 0 aromatic heterocycles. The van der Waals surface area contributed by atoms with Crippen molar-refractivity contribution in [3.63, 3.8) is 0 Å². The van der Waals surface area contributed by atoms with Crippen LogP contribution in [0.1, 0.15) is 30.1 Å². The zero-order valence-corrected chi connectivity index (χ0v) is 12.0. The predicted molar refractivity (Wildman–Crippen MR) is 75.6 cm³/mol. The van der Waals surface area contributed by atoms with Crippen LogP contribution in [0.3, 0.4) is 0 Å². The zero-order chi connectivity index (χ0) is 13.1. The SMILES string of the molecule is CC1CCN(CC(=O)c2cc(Cl)ccc2Cl)CC1. The van der Waals surface area contributed by atoms with Crippen molar-refractivity contribution >= 4 is 29.0 Å². The molecule has 2 rings (SSSR count). The third-order valence-corrected chi connectivity index (χ3v) is 4.04. The third kappa shape index (κ3) is 3.47. The van der Waals surface area contributed by atoms with Crippen LogP contribution in [0.5, 0.6) is 0 Å². The zero-order valence-electron chi connectivity index (χ0n) is 10.5. The average molecular weight is 286 g/mol. The van der Waals surface area contributed by atoms with Crippen LogP contribution < -0.4 is 0 Å². The molecule has 1 aromatic carbocycles. The summed E-state index contributed by atoms with van der Waals surface area (Å²) in [5, 5.41) is 1.03. The molecule has 0 radical (unpaired) electrons. The summed E-state index contributed by atoms with van der Waals surface area (Å²) in [5.74, 6) is 0.822. The van der Waals surface area contributed by atoms with Gasteiger partial charge in [-0.15, -0.1) is 0 Å². The van der Waals surface area contributed by atoms with Gasteiger partial charge in [-0.05, 0) is 50.0 Å². The molecular formula is C14H17Cl2NO. The summed E-state index contributed by atoms with van der Waals surface area (Å²) in [7, 11) is 0. The second kappa shape index (κ2) is 6.05. The molecule has 0 amide bonds. The highest BCUT2D eigenvalue weighted by molar-refractivity contribution is 6.36. The number of ketones is 1. The Bertz CT molecular complexity index is 439. The highest BCUT2D eigenvalue weighted by Gasteiger charge is 2.19. The highest BCUT2D eigenvalue weighted by atomic mass is 35.5. The lowest BCUT2D eigenvalue weighted by Gasteiger charge is -2.29. The molecule has 0 N–H and O–H groups in total. The van der Waals surface area contributed by atoms with Gasteiger partial charge in [-0.1, -0.05) is 30.1 Å². The molecule has 1 aliphatic rings. The molecule has 1 aromatic rings. The Morgan fingerprint density at radius 1 is 1.33 bits per heavy atom. The van der Waals surface area contributed by atoms with Crippen molar-refractivity contribution in [1.82, 2.24) is 4.90 Å². The normalized spacial score (nSPS) is 17.9. The van der Waals surface area contributed by atoms with Crippen LogP contribution in [0.25, 0.3) is 0 Å². The summed E-state index contributed by atoms with van der Waals surface area (Å²) >= 11 is 11.9. The number of rotatable bonds is 3. The van der Waals surface area contributed by atoms with Gasteiger partial charge < -0.3 is 0 Å². The molecular weight excluding hydrogens is 269 g/mol. The Balaban J connectivity index is 2.01. The number of carbonyl (C=O) groups is 1. The molecule has 1 saturated heterocycles. The molecule has 0 bridgehead atoms. The largest absolute Gasteiger partial charge is 0.296 e. The number of likely N-dealkylation sites (tertiary alicyclic amines) is 1. The molecule has 0 atom stereocenters. The van der Waals surface area contributed by atoms with Crippen LogP contribution in [-0.2, 0) is 0 Å². The molecule has 0 spiro atoms. The van der Waals surface area contributed by atoms with E-state index in [0.29, 0.717) is 22.2 Å². The Hall–Kier alpha value is -0.570. The van der Waals surface area contributed by atoms with E-state index in [1.807, 2.05) is 0 Å². The maximum absolute atomic E-state index is 12.2. The van der Waals surface area contributed by atoms with Crippen LogP contribution >= 0.6 is 23.2 Å². The van der Waals surface area contributed by atoms with Gasteiger partial charge in [0.1, 0.15) is 0 Å². The quantitative estimate of drug-likeness (QED) is 0.785. The summed E-state index contributed by atoms with van der Waals surface area (Å²) in [6.45, 7) is 4.68. The fraction of sp³-hybridized carbons (Fsp3) is 0.500. The van der Waals surface area contributed by atoms with E-state index >= 15 is 0 Å². The van der Waals surface area contributed by atoms with Gasteiger partial charge >= 0.3 is 0 Å². The molecule has 4 heteroatoms. The van der Waals surface area contributed by atoms with E-state index in [0.717, 1.165) is 31.8 Å². The maximum Gasteiger partial charge on any atom is 0.178 e. The lowest BCUT2D eigenvalue weighted by molar-refractivity contribution is 0.0900. The summed E-state index contributed by atoms with van der Waals surface area (Å²) in [5.41, 5.74) is 0.530. The van der Waals surface area contributed by atoms with Gasteiger partial charge in [0.25, 0.3) is 0 Å². The van der Waals surface area contributed by atoms with Crippen LogP contribution in [0, 0.1) is 5.92 Å². The minimum absolute atomic E-state index is 0.0528. The summed E-state index contributed by atoms with van der Waals surface area (Å²) in [6.07, 6.45) is 2.33.